The Hall–Kier alpha value is -1.69. The van der Waals surface area contributed by atoms with Crippen molar-refractivity contribution in [2.75, 3.05) is 13.2 Å². The first-order chi connectivity index (χ1) is 9.95. The van der Waals surface area contributed by atoms with Crippen LogP contribution in [0.5, 0.6) is 5.75 Å². The van der Waals surface area contributed by atoms with E-state index in [1.54, 1.807) is 29.0 Å². The minimum absolute atomic E-state index is 0.168. The van der Waals surface area contributed by atoms with E-state index in [4.69, 9.17) is 10.5 Å². The van der Waals surface area contributed by atoms with Crippen LogP contribution in [0.3, 0.4) is 0 Å². The number of hydrogen-bond donors (Lipinski definition) is 1. The first-order valence-corrected chi connectivity index (χ1v) is 6.94. The number of benzene rings is 1. The zero-order valence-electron chi connectivity index (χ0n) is 11.9. The van der Waals surface area contributed by atoms with Gasteiger partial charge in [0.25, 0.3) is 0 Å². The fourth-order valence-electron chi connectivity index (χ4n) is 2.20. The molecule has 1 atom stereocenters. The van der Waals surface area contributed by atoms with E-state index < -0.39 is 18.6 Å². The van der Waals surface area contributed by atoms with Crippen molar-refractivity contribution < 1.29 is 17.9 Å². The van der Waals surface area contributed by atoms with Crippen molar-refractivity contribution in [1.82, 2.24) is 4.57 Å². The van der Waals surface area contributed by atoms with Crippen LogP contribution in [0.4, 0.5) is 13.2 Å². The van der Waals surface area contributed by atoms with Gasteiger partial charge in [-0.15, -0.1) is 0 Å². The quantitative estimate of drug-likeness (QED) is 0.886. The molecule has 0 radical (unpaired) electrons. The van der Waals surface area contributed by atoms with Crippen molar-refractivity contribution in [1.29, 1.82) is 0 Å². The standard InChI is InChI=1S/C15H19F3N2O/c1-2-7-21-13-3-4-14-11(8-13)5-6-20(14)10-12(9-19)15(16,17)18/h3-6,8,12H,2,7,9-10,19H2,1H3. The summed E-state index contributed by atoms with van der Waals surface area (Å²) < 4.78 is 45.5. The Morgan fingerprint density at radius 3 is 2.67 bits per heavy atom. The molecule has 1 heterocycles. The summed E-state index contributed by atoms with van der Waals surface area (Å²) in [5.41, 5.74) is 6.00. The third-order valence-corrected chi connectivity index (χ3v) is 3.38. The Morgan fingerprint density at radius 2 is 2.05 bits per heavy atom. The number of alkyl halides is 3. The smallest absolute Gasteiger partial charge is 0.394 e. The molecule has 1 aromatic heterocycles. The van der Waals surface area contributed by atoms with Gasteiger partial charge in [-0.1, -0.05) is 6.92 Å². The number of halogens is 3. The minimum Gasteiger partial charge on any atom is -0.494 e. The molecule has 1 unspecified atom stereocenters. The van der Waals surface area contributed by atoms with E-state index in [9.17, 15) is 13.2 Å². The van der Waals surface area contributed by atoms with E-state index in [1.165, 1.54) is 0 Å². The highest BCUT2D eigenvalue weighted by Crippen LogP contribution is 2.29. The van der Waals surface area contributed by atoms with Gasteiger partial charge in [-0.2, -0.15) is 13.2 Å². The van der Waals surface area contributed by atoms with E-state index in [1.807, 2.05) is 13.0 Å². The van der Waals surface area contributed by atoms with Gasteiger partial charge in [0.15, 0.2) is 0 Å². The van der Waals surface area contributed by atoms with E-state index in [0.717, 1.165) is 23.1 Å². The molecule has 116 valence electrons. The van der Waals surface area contributed by atoms with Crippen LogP contribution < -0.4 is 10.5 Å². The average Bonchev–Trinajstić information content (AvgIpc) is 2.83. The third kappa shape index (κ3) is 3.69. The molecule has 0 bridgehead atoms. The highest BCUT2D eigenvalue weighted by Gasteiger charge is 2.38. The van der Waals surface area contributed by atoms with Crippen molar-refractivity contribution >= 4 is 10.9 Å². The summed E-state index contributed by atoms with van der Waals surface area (Å²) in [6, 6.07) is 7.19. The fourth-order valence-corrected chi connectivity index (χ4v) is 2.20. The lowest BCUT2D eigenvalue weighted by atomic mass is 10.1. The lowest BCUT2D eigenvalue weighted by Crippen LogP contribution is -2.33. The molecule has 0 aliphatic carbocycles. The topological polar surface area (TPSA) is 40.2 Å². The zero-order chi connectivity index (χ0) is 15.5. The molecule has 2 rings (SSSR count). The van der Waals surface area contributed by atoms with Crippen LogP contribution in [0.2, 0.25) is 0 Å². The summed E-state index contributed by atoms with van der Waals surface area (Å²) >= 11 is 0. The number of nitrogens with zero attached hydrogens (tertiary/aromatic N) is 1. The molecule has 21 heavy (non-hydrogen) atoms. The van der Waals surface area contributed by atoms with Crippen LogP contribution in [0.15, 0.2) is 30.5 Å². The SMILES string of the molecule is CCCOc1ccc2c(ccn2CC(CN)C(F)(F)F)c1. The molecule has 2 aromatic rings. The molecule has 0 aliphatic heterocycles. The highest BCUT2D eigenvalue weighted by molar-refractivity contribution is 5.81. The molecule has 0 spiro atoms. The molecular weight excluding hydrogens is 281 g/mol. The molecule has 2 N–H and O–H groups in total. The van der Waals surface area contributed by atoms with E-state index in [0.29, 0.717) is 6.61 Å². The summed E-state index contributed by atoms with van der Waals surface area (Å²) in [5.74, 6) is -0.808. The lowest BCUT2D eigenvalue weighted by Gasteiger charge is -2.19. The zero-order valence-corrected chi connectivity index (χ0v) is 11.9. The van der Waals surface area contributed by atoms with Crippen LogP contribution in [0.25, 0.3) is 10.9 Å². The summed E-state index contributed by atoms with van der Waals surface area (Å²) in [6.07, 6.45) is -1.72. The van der Waals surface area contributed by atoms with Crippen molar-refractivity contribution in [2.45, 2.75) is 26.1 Å². The van der Waals surface area contributed by atoms with Gasteiger partial charge in [-0.05, 0) is 30.7 Å². The van der Waals surface area contributed by atoms with Gasteiger partial charge in [0.2, 0.25) is 0 Å². The predicted molar refractivity (Wildman–Crippen MR) is 76.3 cm³/mol. The van der Waals surface area contributed by atoms with Gasteiger partial charge < -0.3 is 15.0 Å². The van der Waals surface area contributed by atoms with Crippen LogP contribution in [-0.4, -0.2) is 23.9 Å². The molecule has 3 nitrogen and oxygen atoms in total. The van der Waals surface area contributed by atoms with Gasteiger partial charge in [-0.25, -0.2) is 0 Å². The molecule has 1 aromatic carbocycles. The number of ether oxygens (including phenoxy) is 1. The van der Waals surface area contributed by atoms with Crippen molar-refractivity contribution in [3.63, 3.8) is 0 Å². The maximum absolute atomic E-state index is 12.8. The van der Waals surface area contributed by atoms with Crippen LogP contribution in [-0.2, 0) is 6.54 Å². The summed E-state index contributed by atoms with van der Waals surface area (Å²) in [5, 5.41) is 0.863. The van der Waals surface area contributed by atoms with Crippen molar-refractivity contribution in [2.24, 2.45) is 11.7 Å². The highest BCUT2D eigenvalue weighted by atomic mass is 19.4. The fraction of sp³-hybridized carbons (Fsp3) is 0.467. The largest absolute Gasteiger partial charge is 0.494 e. The van der Waals surface area contributed by atoms with E-state index in [-0.39, 0.29) is 6.54 Å². The van der Waals surface area contributed by atoms with Crippen LogP contribution >= 0.6 is 0 Å². The van der Waals surface area contributed by atoms with Gasteiger partial charge in [0.1, 0.15) is 5.75 Å². The van der Waals surface area contributed by atoms with Crippen LogP contribution in [0, 0.1) is 5.92 Å². The maximum Gasteiger partial charge on any atom is 0.394 e. The van der Waals surface area contributed by atoms with Gasteiger partial charge >= 0.3 is 6.18 Å². The Kier molecular flexibility index (Phi) is 4.77. The molecule has 0 aliphatic rings. The Labute approximate surface area is 121 Å². The average molecular weight is 300 g/mol. The molecular formula is C15H19F3N2O. The van der Waals surface area contributed by atoms with E-state index in [2.05, 4.69) is 0 Å². The molecule has 0 saturated carbocycles. The Balaban J connectivity index is 2.22. The second kappa shape index (κ2) is 6.39. The second-order valence-corrected chi connectivity index (χ2v) is 5.01. The van der Waals surface area contributed by atoms with Crippen LogP contribution in [0.1, 0.15) is 13.3 Å². The molecule has 0 fully saturated rings. The predicted octanol–water partition coefficient (Wildman–Crippen LogP) is 3.57. The lowest BCUT2D eigenvalue weighted by molar-refractivity contribution is -0.174. The summed E-state index contributed by atoms with van der Waals surface area (Å²) in [7, 11) is 0. The third-order valence-electron chi connectivity index (χ3n) is 3.38. The first-order valence-electron chi connectivity index (χ1n) is 6.94. The number of nitrogens with two attached hydrogens (primary N) is 1. The van der Waals surface area contributed by atoms with Crippen molar-refractivity contribution in [3.05, 3.63) is 30.5 Å². The molecule has 6 heteroatoms. The Morgan fingerprint density at radius 1 is 1.29 bits per heavy atom. The molecule has 0 amide bonds. The van der Waals surface area contributed by atoms with E-state index >= 15 is 0 Å². The number of rotatable bonds is 6. The van der Waals surface area contributed by atoms with Crippen molar-refractivity contribution in [3.8, 4) is 5.75 Å². The monoisotopic (exact) mass is 300 g/mol. The number of fused-ring (bicyclic) bond motifs is 1. The molecule has 0 saturated heterocycles. The second-order valence-electron chi connectivity index (χ2n) is 5.01. The summed E-state index contributed by atoms with van der Waals surface area (Å²) in [6.45, 7) is 2.05. The maximum atomic E-state index is 12.8. The summed E-state index contributed by atoms with van der Waals surface area (Å²) in [4.78, 5) is 0. The normalized spacial score (nSPS) is 13.6. The number of hydrogen-bond acceptors (Lipinski definition) is 2. The number of aromatic nitrogens is 1. The van der Waals surface area contributed by atoms with Gasteiger partial charge in [0, 0.05) is 30.2 Å². The first kappa shape index (κ1) is 15.7. The van der Waals surface area contributed by atoms with Gasteiger partial charge in [-0.3, -0.25) is 0 Å². The van der Waals surface area contributed by atoms with Gasteiger partial charge in [0.05, 0.1) is 12.5 Å². The minimum atomic E-state index is -4.28. The Bertz CT molecular complexity index is 592.